The third-order valence-electron chi connectivity index (χ3n) is 6.48. The highest BCUT2D eigenvalue weighted by molar-refractivity contribution is 5.84. The number of hydrogen-bond donors (Lipinski definition) is 0. The lowest BCUT2D eigenvalue weighted by molar-refractivity contribution is 0.620. The Morgan fingerprint density at radius 3 is 1.78 bits per heavy atom. The highest BCUT2D eigenvalue weighted by atomic mass is 16.3. The summed E-state index contributed by atoms with van der Waals surface area (Å²) in [5, 5.41) is 0. The maximum Gasteiger partial charge on any atom is 0.227 e. The van der Waals surface area contributed by atoms with Crippen LogP contribution < -0.4 is 0 Å². The van der Waals surface area contributed by atoms with Crippen LogP contribution in [-0.2, 0) is 0 Å². The van der Waals surface area contributed by atoms with Gasteiger partial charge in [-0.15, -0.1) is 0 Å². The van der Waals surface area contributed by atoms with Gasteiger partial charge in [0.1, 0.15) is 11.3 Å². The molecule has 4 heteroatoms. The molecule has 0 unspecified atom stereocenters. The lowest BCUT2D eigenvalue weighted by Gasteiger charge is -2.10. The molecule has 5 aromatic carbocycles. The molecule has 7 aromatic rings. The maximum atomic E-state index is 5.92. The quantitative estimate of drug-likeness (QED) is 0.264. The summed E-state index contributed by atoms with van der Waals surface area (Å²) in [7, 11) is 0. The summed E-state index contributed by atoms with van der Waals surface area (Å²) in [6.07, 6.45) is 0. The Morgan fingerprint density at radius 1 is 0.472 bits per heavy atom. The summed E-state index contributed by atoms with van der Waals surface area (Å²) < 4.78 is 8.14. The van der Waals surface area contributed by atoms with E-state index in [0.717, 1.165) is 55.9 Å². The molecule has 0 radical (unpaired) electrons. The third kappa shape index (κ3) is 3.48. The topological polar surface area (TPSA) is 43.9 Å². The number of rotatable bonds is 4. The standard InChI is InChI=1S/C32H21N3O/c1-2-8-26(9-3-1)35-29-12-6-4-10-27(29)33-31(35)24-18-14-22(15-19-24)23-16-20-25(21-17-23)32-34-28-11-5-7-13-30(28)36-32/h1-21H. The normalized spacial score (nSPS) is 11.3. The summed E-state index contributed by atoms with van der Waals surface area (Å²) in [6, 6.07) is 43.4. The smallest absolute Gasteiger partial charge is 0.227 e. The number of fused-ring (bicyclic) bond motifs is 2. The lowest BCUT2D eigenvalue weighted by Crippen LogP contribution is -1.97. The number of oxazole rings is 1. The highest BCUT2D eigenvalue weighted by Crippen LogP contribution is 2.31. The van der Waals surface area contributed by atoms with Gasteiger partial charge in [-0.25, -0.2) is 9.97 Å². The van der Waals surface area contributed by atoms with Crippen LogP contribution in [-0.4, -0.2) is 14.5 Å². The molecule has 0 aliphatic carbocycles. The van der Waals surface area contributed by atoms with Crippen LogP contribution in [0, 0.1) is 0 Å². The zero-order valence-corrected chi connectivity index (χ0v) is 19.4. The number of nitrogens with zero attached hydrogens (tertiary/aromatic N) is 3. The first kappa shape index (κ1) is 20.4. The van der Waals surface area contributed by atoms with Crippen molar-refractivity contribution >= 4 is 22.1 Å². The third-order valence-corrected chi connectivity index (χ3v) is 6.48. The van der Waals surface area contributed by atoms with Gasteiger partial charge in [0.25, 0.3) is 0 Å². The van der Waals surface area contributed by atoms with E-state index in [4.69, 9.17) is 9.40 Å². The fraction of sp³-hybridized carbons (Fsp3) is 0. The number of para-hydroxylation sites is 5. The molecule has 2 aromatic heterocycles. The van der Waals surface area contributed by atoms with Crippen LogP contribution in [0.4, 0.5) is 0 Å². The minimum atomic E-state index is 0.637. The van der Waals surface area contributed by atoms with E-state index < -0.39 is 0 Å². The summed E-state index contributed by atoms with van der Waals surface area (Å²) >= 11 is 0. The second kappa shape index (κ2) is 8.36. The molecule has 0 aliphatic heterocycles. The summed E-state index contributed by atoms with van der Waals surface area (Å²) in [4.78, 5) is 9.58. The van der Waals surface area contributed by atoms with Crippen LogP contribution >= 0.6 is 0 Å². The molecule has 0 saturated heterocycles. The molecule has 4 nitrogen and oxygen atoms in total. The van der Waals surface area contributed by atoms with Crippen LogP contribution in [0.5, 0.6) is 0 Å². The molecule has 7 rings (SSSR count). The minimum absolute atomic E-state index is 0.637. The Morgan fingerprint density at radius 2 is 1.06 bits per heavy atom. The molecule has 0 spiro atoms. The maximum absolute atomic E-state index is 5.92. The van der Waals surface area contributed by atoms with Gasteiger partial charge in [-0.1, -0.05) is 78.9 Å². The van der Waals surface area contributed by atoms with Crippen molar-refractivity contribution in [1.82, 2.24) is 14.5 Å². The van der Waals surface area contributed by atoms with Gasteiger partial charge in [0, 0.05) is 16.8 Å². The van der Waals surface area contributed by atoms with Crippen molar-refractivity contribution in [3.05, 3.63) is 127 Å². The lowest BCUT2D eigenvalue weighted by atomic mass is 10.0. The zero-order chi connectivity index (χ0) is 23.9. The Balaban J connectivity index is 1.23. The number of imidazole rings is 1. The molecule has 2 heterocycles. The first-order valence-electron chi connectivity index (χ1n) is 11.9. The van der Waals surface area contributed by atoms with E-state index in [1.807, 2.05) is 36.4 Å². The van der Waals surface area contributed by atoms with Crippen LogP contribution in [0.25, 0.3) is 61.8 Å². The zero-order valence-electron chi connectivity index (χ0n) is 19.4. The van der Waals surface area contributed by atoms with Crippen LogP contribution in [0.2, 0.25) is 0 Å². The van der Waals surface area contributed by atoms with Gasteiger partial charge in [0.05, 0.1) is 11.0 Å². The van der Waals surface area contributed by atoms with Gasteiger partial charge in [0.2, 0.25) is 5.89 Å². The minimum Gasteiger partial charge on any atom is -0.436 e. The van der Waals surface area contributed by atoms with E-state index >= 15 is 0 Å². The Labute approximate surface area is 208 Å². The van der Waals surface area contributed by atoms with Crippen molar-refractivity contribution in [2.24, 2.45) is 0 Å². The van der Waals surface area contributed by atoms with Gasteiger partial charge in [0.15, 0.2) is 5.58 Å². The molecule has 170 valence electrons. The number of benzene rings is 5. The predicted molar refractivity (Wildman–Crippen MR) is 145 cm³/mol. The molecule has 0 fully saturated rings. The second-order valence-corrected chi connectivity index (χ2v) is 8.74. The van der Waals surface area contributed by atoms with Crippen molar-refractivity contribution in [1.29, 1.82) is 0 Å². The average molecular weight is 464 g/mol. The Hall–Kier alpha value is -4.96. The van der Waals surface area contributed by atoms with Crippen molar-refractivity contribution in [2.75, 3.05) is 0 Å². The van der Waals surface area contributed by atoms with Crippen molar-refractivity contribution < 1.29 is 4.42 Å². The van der Waals surface area contributed by atoms with Gasteiger partial charge in [-0.3, -0.25) is 4.57 Å². The monoisotopic (exact) mass is 463 g/mol. The molecule has 0 aliphatic rings. The number of hydrogen-bond acceptors (Lipinski definition) is 3. The van der Waals surface area contributed by atoms with E-state index in [1.165, 1.54) is 0 Å². The van der Waals surface area contributed by atoms with E-state index in [0.29, 0.717) is 5.89 Å². The van der Waals surface area contributed by atoms with Gasteiger partial charge in [-0.2, -0.15) is 0 Å². The van der Waals surface area contributed by atoms with E-state index in [-0.39, 0.29) is 0 Å². The van der Waals surface area contributed by atoms with E-state index in [1.54, 1.807) is 0 Å². The molecule has 36 heavy (non-hydrogen) atoms. The van der Waals surface area contributed by atoms with Crippen LogP contribution in [0.1, 0.15) is 0 Å². The predicted octanol–water partition coefficient (Wildman–Crippen LogP) is 8.17. The fourth-order valence-corrected chi connectivity index (χ4v) is 4.67. The Bertz CT molecular complexity index is 1780. The molecule has 0 amide bonds. The van der Waals surface area contributed by atoms with Crippen molar-refractivity contribution in [3.8, 4) is 39.7 Å². The molecule has 0 N–H and O–H groups in total. The van der Waals surface area contributed by atoms with Crippen molar-refractivity contribution in [3.63, 3.8) is 0 Å². The number of aromatic nitrogens is 3. The first-order valence-corrected chi connectivity index (χ1v) is 11.9. The SMILES string of the molecule is c1ccc(-n2c(-c3ccc(-c4ccc(-c5nc6ccccc6o5)cc4)cc3)nc3ccccc32)cc1. The van der Waals surface area contributed by atoms with Crippen LogP contribution in [0.15, 0.2) is 132 Å². The molecule has 0 saturated carbocycles. The summed E-state index contributed by atoms with van der Waals surface area (Å²) in [5.74, 6) is 1.57. The average Bonchev–Trinajstić information content (AvgIpc) is 3.56. The highest BCUT2D eigenvalue weighted by Gasteiger charge is 2.14. The van der Waals surface area contributed by atoms with Gasteiger partial charge >= 0.3 is 0 Å². The summed E-state index contributed by atoms with van der Waals surface area (Å²) in [6.45, 7) is 0. The second-order valence-electron chi connectivity index (χ2n) is 8.74. The Kier molecular flexibility index (Phi) is 4.74. The van der Waals surface area contributed by atoms with Crippen molar-refractivity contribution in [2.45, 2.75) is 0 Å². The molecular weight excluding hydrogens is 442 g/mol. The summed E-state index contributed by atoms with van der Waals surface area (Å²) in [5.41, 5.74) is 9.16. The van der Waals surface area contributed by atoms with Gasteiger partial charge < -0.3 is 4.42 Å². The molecular formula is C32H21N3O. The first-order chi connectivity index (χ1) is 17.8. The molecule has 0 atom stereocenters. The van der Waals surface area contributed by atoms with E-state index in [9.17, 15) is 0 Å². The fourth-order valence-electron chi connectivity index (χ4n) is 4.67. The largest absolute Gasteiger partial charge is 0.436 e. The molecule has 0 bridgehead atoms. The van der Waals surface area contributed by atoms with Crippen LogP contribution in [0.3, 0.4) is 0 Å². The van der Waals surface area contributed by atoms with Gasteiger partial charge in [-0.05, 0) is 59.7 Å². The van der Waals surface area contributed by atoms with E-state index in [2.05, 4.69) is 101 Å².